The molecule has 0 spiro atoms. The molecular weight excluding hydrogens is 262 g/mol. The third kappa shape index (κ3) is 3.00. The lowest BCUT2D eigenvalue weighted by atomic mass is 10.1. The van der Waals surface area contributed by atoms with Gasteiger partial charge in [0.05, 0.1) is 0 Å². The maximum Gasteiger partial charge on any atom is 0.159 e. The van der Waals surface area contributed by atoms with Gasteiger partial charge in [0.2, 0.25) is 0 Å². The van der Waals surface area contributed by atoms with Crippen molar-refractivity contribution < 1.29 is 8.78 Å². The predicted molar refractivity (Wildman–Crippen MR) is 60.1 cm³/mol. The zero-order valence-electron chi connectivity index (χ0n) is 8.35. The van der Waals surface area contributed by atoms with Gasteiger partial charge in [-0.25, -0.2) is 8.78 Å². The summed E-state index contributed by atoms with van der Waals surface area (Å²) in [4.78, 5) is 0.533. The zero-order chi connectivity index (χ0) is 10.8. The van der Waals surface area contributed by atoms with Gasteiger partial charge in [-0.15, -0.1) is 0 Å². The fraction of sp³-hybridized carbons (Fsp3) is 0.500. The minimum atomic E-state index is -0.767. The number of halogens is 3. The normalized spacial score (nSPS) is 17.8. The second kappa shape index (κ2) is 4.60. The Balaban J connectivity index is 1.89. The van der Waals surface area contributed by atoms with Gasteiger partial charge in [0.1, 0.15) is 0 Å². The van der Waals surface area contributed by atoms with Crippen LogP contribution in [0.4, 0.5) is 8.78 Å². The SMILES string of the molecule is Fc1ccc(CCC(Br)C2CC2)cc1F. The summed E-state index contributed by atoms with van der Waals surface area (Å²) in [5, 5.41) is 0. The van der Waals surface area contributed by atoms with Crippen LogP contribution in [0.25, 0.3) is 0 Å². The van der Waals surface area contributed by atoms with Crippen LogP contribution in [-0.2, 0) is 6.42 Å². The van der Waals surface area contributed by atoms with Crippen LogP contribution in [0.3, 0.4) is 0 Å². The Morgan fingerprint density at radius 3 is 2.60 bits per heavy atom. The molecule has 0 bridgehead atoms. The zero-order valence-corrected chi connectivity index (χ0v) is 9.94. The molecule has 0 aliphatic heterocycles. The first-order valence-electron chi connectivity index (χ1n) is 5.25. The summed E-state index contributed by atoms with van der Waals surface area (Å²) >= 11 is 3.63. The van der Waals surface area contributed by atoms with Gasteiger partial charge in [-0.1, -0.05) is 22.0 Å². The molecular formula is C12H13BrF2. The molecule has 2 rings (SSSR count). The van der Waals surface area contributed by atoms with E-state index in [0.717, 1.165) is 24.3 Å². The van der Waals surface area contributed by atoms with Crippen molar-refractivity contribution in [1.82, 2.24) is 0 Å². The fourth-order valence-corrected chi connectivity index (χ4v) is 2.45. The fourth-order valence-electron chi connectivity index (χ4n) is 1.69. The molecule has 0 N–H and O–H groups in total. The van der Waals surface area contributed by atoms with Crippen molar-refractivity contribution in [3.8, 4) is 0 Å². The van der Waals surface area contributed by atoms with Crippen LogP contribution in [0, 0.1) is 17.6 Å². The quantitative estimate of drug-likeness (QED) is 0.726. The first kappa shape index (κ1) is 11.1. The maximum atomic E-state index is 12.9. The van der Waals surface area contributed by atoms with Crippen molar-refractivity contribution in [2.45, 2.75) is 30.5 Å². The van der Waals surface area contributed by atoms with Gasteiger partial charge in [0.25, 0.3) is 0 Å². The summed E-state index contributed by atoms with van der Waals surface area (Å²) in [7, 11) is 0. The highest BCUT2D eigenvalue weighted by atomic mass is 79.9. The molecule has 1 aliphatic carbocycles. The van der Waals surface area contributed by atoms with Crippen molar-refractivity contribution >= 4 is 15.9 Å². The summed E-state index contributed by atoms with van der Waals surface area (Å²) in [6.45, 7) is 0. The molecule has 15 heavy (non-hydrogen) atoms. The van der Waals surface area contributed by atoms with Crippen molar-refractivity contribution in [3.05, 3.63) is 35.4 Å². The van der Waals surface area contributed by atoms with Crippen molar-refractivity contribution in [2.24, 2.45) is 5.92 Å². The van der Waals surface area contributed by atoms with E-state index in [2.05, 4.69) is 15.9 Å². The Kier molecular flexibility index (Phi) is 3.39. The Bertz CT molecular complexity index is 347. The van der Waals surface area contributed by atoms with Gasteiger partial charge < -0.3 is 0 Å². The minimum absolute atomic E-state index is 0.533. The second-order valence-electron chi connectivity index (χ2n) is 4.14. The Hall–Kier alpha value is -0.440. The van der Waals surface area contributed by atoms with Crippen LogP contribution >= 0.6 is 15.9 Å². The lowest BCUT2D eigenvalue weighted by molar-refractivity contribution is 0.506. The first-order valence-corrected chi connectivity index (χ1v) is 6.16. The number of alkyl halides is 1. The maximum absolute atomic E-state index is 12.9. The average Bonchev–Trinajstić information content (AvgIpc) is 3.03. The molecule has 1 aliphatic rings. The Labute approximate surface area is 96.8 Å². The van der Waals surface area contributed by atoms with Crippen LogP contribution in [0.5, 0.6) is 0 Å². The average molecular weight is 275 g/mol. The lowest BCUT2D eigenvalue weighted by Gasteiger charge is -2.07. The molecule has 0 saturated heterocycles. The van der Waals surface area contributed by atoms with Gasteiger partial charge in [-0.2, -0.15) is 0 Å². The van der Waals surface area contributed by atoms with E-state index < -0.39 is 11.6 Å². The van der Waals surface area contributed by atoms with E-state index in [1.54, 1.807) is 6.07 Å². The van der Waals surface area contributed by atoms with Gasteiger partial charge in [-0.05, 0) is 49.3 Å². The smallest absolute Gasteiger partial charge is 0.159 e. The highest BCUT2D eigenvalue weighted by molar-refractivity contribution is 9.09. The van der Waals surface area contributed by atoms with Crippen LogP contribution < -0.4 is 0 Å². The summed E-state index contributed by atoms with van der Waals surface area (Å²) in [5.74, 6) is -0.711. The minimum Gasteiger partial charge on any atom is -0.204 e. The van der Waals surface area contributed by atoms with Crippen LogP contribution in [0.15, 0.2) is 18.2 Å². The molecule has 3 heteroatoms. The summed E-state index contributed by atoms with van der Waals surface area (Å²) < 4.78 is 25.5. The summed E-state index contributed by atoms with van der Waals surface area (Å²) in [6.07, 6.45) is 4.40. The van der Waals surface area contributed by atoms with E-state index in [9.17, 15) is 8.78 Å². The van der Waals surface area contributed by atoms with E-state index in [4.69, 9.17) is 0 Å². The van der Waals surface area contributed by atoms with Crippen LogP contribution in [0.1, 0.15) is 24.8 Å². The van der Waals surface area contributed by atoms with E-state index in [1.807, 2.05) is 0 Å². The van der Waals surface area contributed by atoms with Crippen molar-refractivity contribution in [3.63, 3.8) is 0 Å². The molecule has 1 saturated carbocycles. The van der Waals surface area contributed by atoms with Gasteiger partial charge >= 0.3 is 0 Å². The molecule has 0 radical (unpaired) electrons. The highest BCUT2D eigenvalue weighted by Crippen LogP contribution is 2.38. The third-order valence-corrected chi connectivity index (χ3v) is 4.03. The summed E-state index contributed by atoms with van der Waals surface area (Å²) in [5.41, 5.74) is 0.874. The molecule has 1 atom stereocenters. The van der Waals surface area contributed by atoms with E-state index >= 15 is 0 Å². The molecule has 0 amide bonds. The van der Waals surface area contributed by atoms with Gasteiger partial charge in [-0.3, -0.25) is 0 Å². The largest absolute Gasteiger partial charge is 0.204 e. The number of hydrogen-bond acceptors (Lipinski definition) is 0. The number of hydrogen-bond donors (Lipinski definition) is 0. The van der Waals surface area contributed by atoms with Crippen molar-refractivity contribution in [2.75, 3.05) is 0 Å². The van der Waals surface area contributed by atoms with Gasteiger partial charge in [0.15, 0.2) is 11.6 Å². The molecule has 1 aromatic rings. The van der Waals surface area contributed by atoms with E-state index in [1.165, 1.54) is 25.0 Å². The molecule has 0 aromatic heterocycles. The standard InChI is InChI=1S/C12H13BrF2/c13-10(9-3-4-9)5-1-8-2-6-11(14)12(15)7-8/h2,6-7,9-10H,1,3-5H2. The second-order valence-corrected chi connectivity index (χ2v) is 5.32. The Morgan fingerprint density at radius 2 is 2.00 bits per heavy atom. The predicted octanol–water partition coefficient (Wildman–Crippen LogP) is 4.07. The summed E-state index contributed by atoms with van der Waals surface area (Å²) in [6, 6.07) is 4.15. The highest BCUT2D eigenvalue weighted by Gasteiger charge is 2.28. The number of rotatable bonds is 4. The molecule has 0 nitrogen and oxygen atoms in total. The third-order valence-electron chi connectivity index (χ3n) is 2.83. The van der Waals surface area contributed by atoms with Crippen LogP contribution in [-0.4, -0.2) is 4.83 Å². The topological polar surface area (TPSA) is 0 Å². The lowest BCUT2D eigenvalue weighted by Crippen LogP contribution is -2.02. The van der Waals surface area contributed by atoms with Crippen molar-refractivity contribution in [1.29, 1.82) is 0 Å². The Morgan fingerprint density at radius 1 is 1.27 bits per heavy atom. The molecule has 1 unspecified atom stereocenters. The van der Waals surface area contributed by atoms with E-state index in [-0.39, 0.29) is 0 Å². The molecule has 82 valence electrons. The molecule has 1 fully saturated rings. The number of aryl methyl sites for hydroxylation is 1. The molecule has 0 heterocycles. The number of benzene rings is 1. The van der Waals surface area contributed by atoms with Crippen LogP contribution in [0.2, 0.25) is 0 Å². The molecule has 1 aromatic carbocycles. The monoisotopic (exact) mass is 274 g/mol. The van der Waals surface area contributed by atoms with E-state index in [0.29, 0.717) is 4.83 Å². The first-order chi connectivity index (χ1) is 7.16. The van der Waals surface area contributed by atoms with Gasteiger partial charge in [0, 0.05) is 4.83 Å².